The van der Waals surface area contributed by atoms with E-state index in [0.717, 1.165) is 31.9 Å². The van der Waals surface area contributed by atoms with Gasteiger partial charge in [-0.25, -0.2) is 0 Å². The Morgan fingerprint density at radius 3 is 3.00 bits per heavy atom. The van der Waals surface area contributed by atoms with Crippen LogP contribution in [0.25, 0.3) is 0 Å². The summed E-state index contributed by atoms with van der Waals surface area (Å²) in [6.07, 6.45) is 1.16. The van der Waals surface area contributed by atoms with Gasteiger partial charge in [-0.2, -0.15) is 4.98 Å². The van der Waals surface area contributed by atoms with Gasteiger partial charge in [0.15, 0.2) is 5.82 Å². The molecular weight excluding hydrogens is 204 g/mol. The van der Waals surface area contributed by atoms with Gasteiger partial charge in [0.1, 0.15) is 0 Å². The molecule has 1 aliphatic rings. The van der Waals surface area contributed by atoms with E-state index in [2.05, 4.69) is 34.2 Å². The van der Waals surface area contributed by atoms with Gasteiger partial charge in [0, 0.05) is 25.2 Å². The lowest BCUT2D eigenvalue weighted by molar-refractivity contribution is 0.117. The van der Waals surface area contributed by atoms with Crippen LogP contribution < -0.4 is 5.32 Å². The number of nitrogens with one attached hydrogen (secondary N) is 1. The summed E-state index contributed by atoms with van der Waals surface area (Å²) in [6.45, 7) is 9.14. The molecular formula is C11H20N4O. The standard InChI is InChI=1S/C11H20N4O/c1-4-10-6-15(8(2)5-12-10)7-11-13-9(3)14-16-11/h8,10,12H,4-7H2,1-3H3. The molecule has 1 N–H and O–H groups in total. The Kier molecular flexibility index (Phi) is 3.56. The van der Waals surface area contributed by atoms with Gasteiger partial charge in [-0.3, -0.25) is 4.90 Å². The van der Waals surface area contributed by atoms with Crippen molar-refractivity contribution in [3.8, 4) is 0 Å². The molecule has 2 unspecified atom stereocenters. The topological polar surface area (TPSA) is 54.2 Å². The predicted octanol–water partition coefficient (Wildman–Crippen LogP) is 0.950. The smallest absolute Gasteiger partial charge is 0.240 e. The number of nitrogens with zero attached hydrogens (tertiary/aromatic N) is 3. The second-order valence-corrected chi connectivity index (χ2v) is 4.53. The SMILES string of the molecule is CCC1CN(Cc2nc(C)no2)C(C)CN1. The highest BCUT2D eigenvalue weighted by Gasteiger charge is 2.25. The molecule has 2 heterocycles. The van der Waals surface area contributed by atoms with Crippen molar-refractivity contribution in [2.45, 2.75) is 45.8 Å². The monoisotopic (exact) mass is 224 g/mol. The zero-order valence-electron chi connectivity index (χ0n) is 10.2. The van der Waals surface area contributed by atoms with E-state index in [0.29, 0.717) is 17.9 Å². The molecule has 1 aliphatic heterocycles. The molecule has 16 heavy (non-hydrogen) atoms. The van der Waals surface area contributed by atoms with Crippen LogP contribution in [-0.2, 0) is 6.54 Å². The third-order valence-electron chi connectivity index (χ3n) is 3.18. The van der Waals surface area contributed by atoms with Crippen molar-refractivity contribution in [2.75, 3.05) is 13.1 Å². The summed E-state index contributed by atoms with van der Waals surface area (Å²) >= 11 is 0. The van der Waals surface area contributed by atoms with Gasteiger partial charge in [0.25, 0.3) is 0 Å². The van der Waals surface area contributed by atoms with Crippen LogP contribution in [0, 0.1) is 6.92 Å². The predicted molar refractivity (Wildman–Crippen MR) is 61.0 cm³/mol. The van der Waals surface area contributed by atoms with Crippen molar-refractivity contribution in [3.05, 3.63) is 11.7 Å². The van der Waals surface area contributed by atoms with Gasteiger partial charge in [0.2, 0.25) is 5.89 Å². The van der Waals surface area contributed by atoms with Gasteiger partial charge in [-0.05, 0) is 20.3 Å². The first-order valence-electron chi connectivity index (χ1n) is 5.95. The normalized spacial score (nSPS) is 27.2. The zero-order valence-corrected chi connectivity index (χ0v) is 10.2. The van der Waals surface area contributed by atoms with E-state index in [9.17, 15) is 0 Å². The van der Waals surface area contributed by atoms with Crippen LogP contribution in [0.3, 0.4) is 0 Å². The number of hydrogen-bond acceptors (Lipinski definition) is 5. The zero-order chi connectivity index (χ0) is 11.5. The Hall–Kier alpha value is -0.940. The van der Waals surface area contributed by atoms with Crippen molar-refractivity contribution in [1.82, 2.24) is 20.4 Å². The van der Waals surface area contributed by atoms with Crippen LogP contribution in [0.2, 0.25) is 0 Å². The van der Waals surface area contributed by atoms with Crippen LogP contribution >= 0.6 is 0 Å². The summed E-state index contributed by atoms with van der Waals surface area (Å²) in [7, 11) is 0. The first-order valence-corrected chi connectivity index (χ1v) is 5.95. The second kappa shape index (κ2) is 4.93. The van der Waals surface area contributed by atoms with Crippen LogP contribution in [0.5, 0.6) is 0 Å². The van der Waals surface area contributed by atoms with Crippen molar-refractivity contribution in [1.29, 1.82) is 0 Å². The fraction of sp³-hybridized carbons (Fsp3) is 0.818. The van der Waals surface area contributed by atoms with E-state index in [1.54, 1.807) is 0 Å². The van der Waals surface area contributed by atoms with E-state index in [1.165, 1.54) is 0 Å². The van der Waals surface area contributed by atoms with E-state index in [-0.39, 0.29) is 0 Å². The third-order valence-corrected chi connectivity index (χ3v) is 3.18. The minimum Gasteiger partial charge on any atom is -0.338 e. The van der Waals surface area contributed by atoms with Gasteiger partial charge in [-0.15, -0.1) is 0 Å². The molecule has 0 bridgehead atoms. The van der Waals surface area contributed by atoms with Crippen LogP contribution in [0.1, 0.15) is 32.0 Å². The van der Waals surface area contributed by atoms with Crippen LogP contribution in [0.15, 0.2) is 4.52 Å². The van der Waals surface area contributed by atoms with Crippen molar-refractivity contribution < 1.29 is 4.52 Å². The Labute approximate surface area is 96.2 Å². The molecule has 1 fully saturated rings. The molecule has 2 atom stereocenters. The fourth-order valence-electron chi connectivity index (χ4n) is 2.07. The third kappa shape index (κ3) is 2.59. The van der Waals surface area contributed by atoms with Crippen molar-refractivity contribution >= 4 is 0 Å². The van der Waals surface area contributed by atoms with Crippen LogP contribution in [-0.4, -0.2) is 40.2 Å². The lowest BCUT2D eigenvalue weighted by Gasteiger charge is -2.37. The molecule has 0 amide bonds. The maximum Gasteiger partial charge on any atom is 0.240 e. The Bertz CT molecular complexity index is 338. The molecule has 90 valence electrons. The Balaban J connectivity index is 1.96. The highest BCUT2D eigenvalue weighted by atomic mass is 16.5. The summed E-state index contributed by atoms with van der Waals surface area (Å²) in [6, 6.07) is 1.11. The summed E-state index contributed by atoms with van der Waals surface area (Å²) in [5.41, 5.74) is 0. The summed E-state index contributed by atoms with van der Waals surface area (Å²) in [5, 5.41) is 7.35. The first-order chi connectivity index (χ1) is 7.69. The van der Waals surface area contributed by atoms with E-state index < -0.39 is 0 Å². The number of piperazine rings is 1. The summed E-state index contributed by atoms with van der Waals surface area (Å²) < 4.78 is 5.16. The molecule has 5 heteroatoms. The lowest BCUT2D eigenvalue weighted by Crippen LogP contribution is -2.54. The highest BCUT2D eigenvalue weighted by molar-refractivity contribution is 4.88. The molecule has 1 saturated heterocycles. The maximum atomic E-state index is 5.16. The van der Waals surface area contributed by atoms with E-state index in [1.807, 2.05) is 6.92 Å². The number of rotatable bonds is 3. The first kappa shape index (κ1) is 11.5. The molecule has 1 aromatic heterocycles. The molecule has 0 spiro atoms. The lowest BCUT2D eigenvalue weighted by atomic mass is 10.1. The van der Waals surface area contributed by atoms with E-state index in [4.69, 9.17) is 4.52 Å². The summed E-state index contributed by atoms with van der Waals surface area (Å²) in [5.74, 6) is 1.44. The Morgan fingerprint density at radius 1 is 1.56 bits per heavy atom. The Morgan fingerprint density at radius 2 is 2.38 bits per heavy atom. The molecule has 0 aliphatic carbocycles. The number of aryl methyl sites for hydroxylation is 1. The minimum atomic E-state index is 0.523. The van der Waals surface area contributed by atoms with Crippen molar-refractivity contribution in [2.24, 2.45) is 0 Å². The van der Waals surface area contributed by atoms with Crippen molar-refractivity contribution in [3.63, 3.8) is 0 Å². The number of aromatic nitrogens is 2. The number of hydrogen-bond donors (Lipinski definition) is 1. The molecule has 5 nitrogen and oxygen atoms in total. The second-order valence-electron chi connectivity index (χ2n) is 4.53. The largest absolute Gasteiger partial charge is 0.338 e. The van der Waals surface area contributed by atoms with Gasteiger partial charge < -0.3 is 9.84 Å². The van der Waals surface area contributed by atoms with E-state index >= 15 is 0 Å². The quantitative estimate of drug-likeness (QED) is 0.828. The average molecular weight is 224 g/mol. The summed E-state index contributed by atoms with van der Waals surface area (Å²) in [4.78, 5) is 6.65. The highest BCUT2D eigenvalue weighted by Crippen LogP contribution is 2.12. The fourth-order valence-corrected chi connectivity index (χ4v) is 2.07. The molecule has 1 aromatic rings. The van der Waals surface area contributed by atoms with Gasteiger partial charge in [0.05, 0.1) is 6.54 Å². The molecule has 2 rings (SSSR count). The van der Waals surface area contributed by atoms with Gasteiger partial charge >= 0.3 is 0 Å². The molecule has 0 radical (unpaired) electrons. The van der Waals surface area contributed by atoms with Gasteiger partial charge in [-0.1, -0.05) is 12.1 Å². The molecule has 0 saturated carbocycles. The maximum absolute atomic E-state index is 5.16. The average Bonchev–Trinajstić information content (AvgIpc) is 2.67. The molecule has 0 aromatic carbocycles. The van der Waals surface area contributed by atoms with Crippen LogP contribution in [0.4, 0.5) is 0 Å². The minimum absolute atomic E-state index is 0.523.